The van der Waals surface area contributed by atoms with Crippen LogP contribution in [0.5, 0.6) is 0 Å². The summed E-state index contributed by atoms with van der Waals surface area (Å²) >= 11 is 3.47. The van der Waals surface area contributed by atoms with Gasteiger partial charge in [-0.25, -0.2) is 14.4 Å². The van der Waals surface area contributed by atoms with E-state index in [0.717, 1.165) is 15.9 Å². The Labute approximate surface area is 122 Å². The highest BCUT2D eigenvalue weighted by molar-refractivity contribution is 9.10. The van der Waals surface area contributed by atoms with Crippen molar-refractivity contribution in [3.8, 4) is 11.3 Å². The lowest BCUT2D eigenvalue weighted by Gasteiger charge is -1.97. The van der Waals surface area contributed by atoms with E-state index in [1.165, 1.54) is 12.1 Å². The van der Waals surface area contributed by atoms with Crippen LogP contribution in [0.1, 0.15) is 0 Å². The molecule has 2 heterocycles. The van der Waals surface area contributed by atoms with Crippen molar-refractivity contribution < 1.29 is 4.39 Å². The van der Waals surface area contributed by atoms with E-state index in [1.807, 2.05) is 16.7 Å². The van der Waals surface area contributed by atoms with E-state index in [4.69, 9.17) is 0 Å². The van der Waals surface area contributed by atoms with Crippen LogP contribution in [0.2, 0.25) is 0 Å². The highest BCUT2D eigenvalue weighted by atomic mass is 79.9. The van der Waals surface area contributed by atoms with Gasteiger partial charge in [0, 0.05) is 18.0 Å². The molecule has 0 aliphatic rings. The topological polar surface area (TPSA) is 30.2 Å². The standard InChI is InChI=1S/C12H7BrFN3.BrH/c13-11-10(8-2-4-9(14)5-3-8)16-12-15-6-1-7-17(11)12;/h1-7H;1H. The van der Waals surface area contributed by atoms with Gasteiger partial charge in [0.15, 0.2) is 0 Å². The van der Waals surface area contributed by atoms with Gasteiger partial charge in [0.1, 0.15) is 16.1 Å². The molecule has 0 aliphatic carbocycles. The molecule has 0 unspecified atom stereocenters. The molecule has 0 aliphatic heterocycles. The molecule has 0 saturated heterocycles. The number of hydrogen-bond donors (Lipinski definition) is 0. The van der Waals surface area contributed by atoms with Gasteiger partial charge < -0.3 is 0 Å². The molecule has 3 nitrogen and oxygen atoms in total. The zero-order chi connectivity index (χ0) is 11.8. The van der Waals surface area contributed by atoms with E-state index >= 15 is 0 Å². The number of benzene rings is 1. The number of rotatable bonds is 1. The summed E-state index contributed by atoms with van der Waals surface area (Å²) in [6.07, 6.45) is 3.55. The zero-order valence-electron chi connectivity index (χ0n) is 9.05. The number of nitrogens with zero attached hydrogens (tertiary/aromatic N) is 3. The summed E-state index contributed by atoms with van der Waals surface area (Å²) in [4.78, 5) is 8.55. The second-order valence-electron chi connectivity index (χ2n) is 3.55. The molecular formula is C12H8Br2FN3. The van der Waals surface area contributed by atoms with Crippen LogP contribution in [0, 0.1) is 5.82 Å². The van der Waals surface area contributed by atoms with Crippen LogP contribution < -0.4 is 0 Å². The number of imidazole rings is 1. The van der Waals surface area contributed by atoms with Crippen LogP contribution >= 0.6 is 32.9 Å². The fourth-order valence-electron chi connectivity index (χ4n) is 1.65. The minimum Gasteiger partial charge on any atom is -0.277 e. The van der Waals surface area contributed by atoms with Gasteiger partial charge in [-0.2, -0.15) is 0 Å². The summed E-state index contributed by atoms with van der Waals surface area (Å²) in [7, 11) is 0. The Morgan fingerprint density at radius 3 is 2.56 bits per heavy atom. The molecule has 92 valence electrons. The Kier molecular flexibility index (Phi) is 3.77. The van der Waals surface area contributed by atoms with Crippen molar-refractivity contribution in [1.82, 2.24) is 14.4 Å². The van der Waals surface area contributed by atoms with Crippen LogP contribution in [-0.2, 0) is 0 Å². The molecule has 0 fully saturated rings. The predicted molar refractivity (Wildman–Crippen MR) is 76.4 cm³/mol. The largest absolute Gasteiger partial charge is 0.277 e. The van der Waals surface area contributed by atoms with Crippen molar-refractivity contribution in [2.24, 2.45) is 0 Å². The van der Waals surface area contributed by atoms with Gasteiger partial charge in [0.05, 0.1) is 0 Å². The van der Waals surface area contributed by atoms with Crippen molar-refractivity contribution in [2.45, 2.75) is 0 Å². The molecule has 1 aromatic carbocycles. The maximum Gasteiger partial charge on any atom is 0.235 e. The molecule has 0 bridgehead atoms. The van der Waals surface area contributed by atoms with Gasteiger partial charge in [-0.1, -0.05) is 0 Å². The van der Waals surface area contributed by atoms with E-state index in [0.29, 0.717) is 5.78 Å². The zero-order valence-corrected chi connectivity index (χ0v) is 12.3. The van der Waals surface area contributed by atoms with Crippen molar-refractivity contribution in [3.63, 3.8) is 0 Å². The summed E-state index contributed by atoms with van der Waals surface area (Å²) < 4.78 is 15.5. The molecule has 3 aromatic rings. The number of fused-ring (bicyclic) bond motifs is 1. The number of halogens is 3. The Bertz CT molecular complexity index is 679. The summed E-state index contributed by atoms with van der Waals surface area (Å²) in [5.74, 6) is 0.352. The monoisotopic (exact) mass is 371 g/mol. The van der Waals surface area contributed by atoms with Gasteiger partial charge in [-0.15, -0.1) is 17.0 Å². The molecule has 0 spiro atoms. The molecule has 2 aromatic heterocycles. The third kappa shape index (κ3) is 2.18. The maximum absolute atomic E-state index is 12.9. The van der Waals surface area contributed by atoms with Gasteiger partial charge in [0.25, 0.3) is 0 Å². The lowest BCUT2D eigenvalue weighted by molar-refractivity contribution is 0.628. The first-order chi connectivity index (χ1) is 8.25. The van der Waals surface area contributed by atoms with E-state index in [2.05, 4.69) is 25.9 Å². The second kappa shape index (κ2) is 5.16. The SMILES string of the molecule is Br.Fc1ccc(-c2nc3ncccn3c2Br)cc1. The van der Waals surface area contributed by atoms with Crippen LogP contribution in [0.25, 0.3) is 17.0 Å². The fourth-order valence-corrected chi connectivity index (χ4v) is 2.25. The summed E-state index contributed by atoms with van der Waals surface area (Å²) in [6, 6.07) is 8.05. The van der Waals surface area contributed by atoms with Gasteiger partial charge in [0.2, 0.25) is 5.78 Å². The average Bonchev–Trinajstić information content (AvgIpc) is 2.69. The van der Waals surface area contributed by atoms with Gasteiger partial charge in [-0.3, -0.25) is 4.40 Å². The van der Waals surface area contributed by atoms with Gasteiger partial charge in [-0.05, 0) is 46.3 Å². The second-order valence-corrected chi connectivity index (χ2v) is 4.30. The molecule has 0 atom stereocenters. The Morgan fingerprint density at radius 2 is 1.89 bits per heavy atom. The molecule has 0 radical (unpaired) electrons. The third-order valence-electron chi connectivity index (χ3n) is 2.46. The van der Waals surface area contributed by atoms with Crippen LogP contribution in [-0.4, -0.2) is 14.4 Å². The quantitative estimate of drug-likeness (QED) is 0.648. The Hall–Kier alpha value is -1.27. The van der Waals surface area contributed by atoms with Crippen molar-refractivity contribution in [3.05, 3.63) is 53.1 Å². The maximum atomic E-state index is 12.9. The third-order valence-corrected chi connectivity index (χ3v) is 3.22. The minimum atomic E-state index is -0.258. The lowest BCUT2D eigenvalue weighted by Crippen LogP contribution is -1.85. The highest BCUT2D eigenvalue weighted by Crippen LogP contribution is 2.27. The molecular weight excluding hydrogens is 365 g/mol. The van der Waals surface area contributed by atoms with Gasteiger partial charge >= 0.3 is 0 Å². The van der Waals surface area contributed by atoms with Crippen LogP contribution in [0.3, 0.4) is 0 Å². The molecule has 3 rings (SSSR count). The number of hydrogen-bond acceptors (Lipinski definition) is 2. The highest BCUT2D eigenvalue weighted by Gasteiger charge is 2.11. The van der Waals surface area contributed by atoms with E-state index in [9.17, 15) is 4.39 Å². The molecule has 0 saturated carbocycles. The molecule has 0 amide bonds. The molecule has 18 heavy (non-hydrogen) atoms. The first-order valence-electron chi connectivity index (χ1n) is 5.00. The lowest BCUT2D eigenvalue weighted by atomic mass is 10.2. The predicted octanol–water partition coefficient (Wildman–Crippen LogP) is 3.88. The van der Waals surface area contributed by atoms with E-state index < -0.39 is 0 Å². The smallest absolute Gasteiger partial charge is 0.235 e. The van der Waals surface area contributed by atoms with Crippen LogP contribution in [0.4, 0.5) is 4.39 Å². The number of aromatic nitrogens is 3. The fraction of sp³-hybridized carbons (Fsp3) is 0. The van der Waals surface area contributed by atoms with Crippen molar-refractivity contribution in [2.75, 3.05) is 0 Å². The Balaban J connectivity index is 0.00000120. The molecule has 6 heteroatoms. The molecule has 0 N–H and O–H groups in total. The van der Waals surface area contributed by atoms with Crippen molar-refractivity contribution >= 4 is 38.7 Å². The first kappa shape index (κ1) is 13.2. The summed E-state index contributed by atoms with van der Waals surface area (Å²) in [6.45, 7) is 0. The summed E-state index contributed by atoms with van der Waals surface area (Å²) in [5.41, 5.74) is 1.60. The minimum absolute atomic E-state index is 0. The van der Waals surface area contributed by atoms with Crippen molar-refractivity contribution in [1.29, 1.82) is 0 Å². The average molecular weight is 373 g/mol. The van der Waals surface area contributed by atoms with E-state index in [1.54, 1.807) is 18.3 Å². The Morgan fingerprint density at radius 1 is 1.17 bits per heavy atom. The van der Waals surface area contributed by atoms with Crippen LogP contribution in [0.15, 0.2) is 47.3 Å². The van der Waals surface area contributed by atoms with E-state index in [-0.39, 0.29) is 22.8 Å². The normalized spacial score (nSPS) is 10.3. The first-order valence-corrected chi connectivity index (χ1v) is 5.79. The summed E-state index contributed by atoms with van der Waals surface area (Å²) in [5, 5.41) is 0.